The number of carbonyl (C=O) groups is 1. The molecule has 0 radical (unpaired) electrons. The van der Waals surface area contributed by atoms with Gasteiger partial charge in [0.1, 0.15) is 11.6 Å². The number of halogens is 1. The molecule has 23 heavy (non-hydrogen) atoms. The normalized spacial score (nSPS) is 10.3. The quantitative estimate of drug-likeness (QED) is 0.734. The lowest BCUT2D eigenvalue weighted by atomic mass is 10.2. The number of benzene rings is 1. The van der Waals surface area contributed by atoms with E-state index < -0.39 is 0 Å². The summed E-state index contributed by atoms with van der Waals surface area (Å²) in [5.41, 5.74) is 1.08. The van der Waals surface area contributed by atoms with Crippen LogP contribution in [0.5, 0.6) is 0 Å². The van der Waals surface area contributed by atoms with Crippen LogP contribution in [0.25, 0.3) is 0 Å². The Labute approximate surface area is 135 Å². The Morgan fingerprint density at radius 1 is 1.09 bits per heavy atom. The largest absolute Gasteiger partial charge is 0.369 e. The lowest BCUT2D eigenvalue weighted by molar-refractivity contribution is 0.0945. The Bertz CT molecular complexity index is 613. The summed E-state index contributed by atoms with van der Waals surface area (Å²) in [6.07, 6.45) is 3.42. The third kappa shape index (κ3) is 5.65. The minimum Gasteiger partial charge on any atom is -0.369 e. The van der Waals surface area contributed by atoms with Gasteiger partial charge < -0.3 is 10.6 Å². The highest BCUT2D eigenvalue weighted by Gasteiger charge is 2.08. The Hall–Kier alpha value is -2.50. The van der Waals surface area contributed by atoms with Gasteiger partial charge in [-0.3, -0.25) is 4.79 Å². The lowest BCUT2D eigenvalue weighted by Gasteiger charge is -2.06. The molecule has 0 atom stereocenters. The fourth-order valence-electron chi connectivity index (χ4n) is 2.01. The summed E-state index contributed by atoms with van der Waals surface area (Å²) in [6, 6.07) is 9.36. The predicted molar refractivity (Wildman–Crippen MR) is 87.6 cm³/mol. The summed E-state index contributed by atoms with van der Waals surface area (Å²) < 4.78 is 12.8. The van der Waals surface area contributed by atoms with E-state index in [-0.39, 0.29) is 17.4 Å². The summed E-state index contributed by atoms with van der Waals surface area (Å²) in [6.45, 7) is 3.32. The second-order valence-electron chi connectivity index (χ2n) is 5.25. The van der Waals surface area contributed by atoms with Gasteiger partial charge in [0, 0.05) is 13.1 Å². The molecule has 1 aromatic heterocycles. The van der Waals surface area contributed by atoms with Gasteiger partial charge in [0.05, 0.1) is 0 Å². The van der Waals surface area contributed by atoms with Gasteiger partial charge in [-0.05, 0) is 36.2 Å². The second kappa shape index (κ2) is 8.82. The van der Waals surface area contributed by atoms with Gasteiger partial charge in [-0.25, -0.2) is 4.39 Å². The summed E-state index contributed by atoms with van der Waals surface area (Å²) >= 11 is 0. The molecule has 0 aliphatic rings. The van der Waals surface area contributed by atoms with Crippen molar-refractivity contribution in [3.63, 3.8) is 0 Å². The highest BCUT2D eigenvalue weighted by molar-refractivity contribution is 5.92. The van der Waals surface area contributed by atoms with Crippen molar-refractivity contribution in [2.45, 2.75) is 32.7 Å². The van der Waals surface area contributed by atoms with E-state index in [1.165, 1.54) is 25.0 Å². The summed E-state index contributed by atoms with van der Waals surface area (Å²) in [7, 11) is 0. The summed E-state index contributed by atoms with van der Waals surface area (Å²) in [5, 5.41) is 13.8. The molecule has 0 aliphatic heterocycles. The van der Waals surface area contributed by atoms with Crippen molar-refractivity contribution in [3.8, 4) is 0 Å². The van der Waals surface area contributed by atoms with E-state index in [9.17, 15) is 9.18 Å². The van der Waals surface area contributed by atoms with Crippen molar-refractivity contribution in [2.24, 2.45) is 0 Å². The van der Waals surface area contributed by atoms with Crippen LogP contribution >= 0.6 is 0 Å². The maximum atomic E-state index is 12.8. The molecule has 2 N–H and O–H groups in total. The van der Waals surface area contributed by atoms with Crippen LogP contribution in [0.4, 0.5) is 10.2 Å². The molecular formula is C17H21FN4O. The predicted octanol–water partition coefficient (Wildman–Crippen LogP) is 3.15. The van der Waals surface area contributed by atoms with Crippen molar-refractivity contribution in [1.29, 1.82) is 0 Å². The maximum Gasteiger partial charge on any atom is 0.272 e. The number of aromatic nitrogens is 2. The van der Waals surface area contributed by atoms with Gasteiger partial charge in [0.15, 0.2) is 5.69 Å². The molecule has 0 saturated heterocycles. The molecule has 0 unspecified atom stereocenters. The third-order valence-corrected chi connectivity index (χ3v) is 3.35. The molecule has 2 aromatic rings. The fraction of sp³-hybridized carbons (Fsp3) is 0.353. The first-order valence-corrected chi connectivity index (χ1v) is 7.79. The van der Waals surface area contributed by atoms with E-state index >= 15 is 0 Å². The average molecular weight is 316 g/mol. The number of carbonyl (C=O) groups excluding carboxylic acids is 1. The average Bonchev–Trinajstić information content (AvgIpc) is 2.58. The van der Waals surface area contributed by atoms with Crippen LogP contribution in [0, 0.1) is 5.82 Å². The van der Waals surface area contributed by atoms with Crippen LogP contribution in [-0.2, 0) is 6.54 Å². The first-order chi connectivity index (χ1) is 11.2. The van der Waals surface area contributed by atoms with Crippen LogP contribution in [0.1, 0.15) is 42.2 Å². The highest BCUT2D eigenvalue weighted by Crippen LogP contribution is 2.05. The van der Waals surface area contributed by atoms with Gasteiger partial charge in [0.25, 0.3) is 5.91 Å². The van der Waals surface area contributed by atoms with E-state index in [0.29, 0.717) is 12.4 Å². The number of amides is 1. The number of nitrogens with zero attached hydrogens (tertiary/aromatic N) is 2. The summed E-state index contributed by atoms with van der Waals surface area (Å²) in [4.78, 5) is 12.0. The van der Waals surface area contributed by atoms with Crippen LogP contribution < -0.4 is 10.6 Å². The van der Waals surface area contributed by atoms with Crippen LogP contribution in [-0.4, -0.2) is 22.6 Å². The molecule has 0 bridgehead atoms. The zero-order valence-electron chi connectivity index (χ0n) is 13.2. The first kappa shape index (κ1) is 16.9. The van der Waals surface area contributed by atoms with E-state index in [1.54, 1.807) is 24.3 Å². The van der Waals surface area contributed by atoms with Crippen molar-refractivity contribution >= 4 is 11.7 Å². The lowest BCUT2D eigenvalue weighted by Crippen LogP contribution is -2.24. The molecule has 122 valence electrons. The van der Waals surface area contributed by atoms with Gasteiger partial charge in [-0.1, -0.05) is 31.9 Å². The molecule has 0 spiro atoms. The second-order valence-corrected chi connectivity index (χ2v) is 5.25. The molecule has 5 nitrogen and oxygen atoms in total. The van der Waals surface area contributed by atoms with Gasteiger partial charge in [-0.2, -0.15) is 0 Å². The highest BCUT2D eigenvalue weighted by atomic mass is 19.1. The molecule has 2 rings (SSSR count). The third-order valence-electron chi connectivity index (χ3n) is 3.35. The van der Waals surface area contributed by atoms with E-state index in [2.05, 4.69) is 27.8 Å². The van der Waals surface area contributed by atoms with Gasteiger partial charge >= 0.3 is 0 Å². The minimum absolute atomic E-state index is 0.256. The van der Waals surface area contributed by atoms with E-state index in [4.69, 9.17) is 0 Å². The van der Waals surface area contributed by atoms with Crippen LogP contribution in [0.2, 0.25) is 0 Å². The topological polar surface area (TPSA) is 66.9 Å². The molecule has 1 amide bonds. The molecule has 0 fully saturated rings. The van der Waals surface area contributed by atoms with E-state index in [1.807, 2.05) is 0 Å². The number of hydrogen-bond donors (Lipinski definition) is 2. The number of hydrogen-bond acceptors (Lipinski definition) is 4. The standard InChI is InChI=1S/C17H21FN4O/c1-2-3-4-11-19-16-10-9-15(21-22-16)17(23)20-12-13-5-7-14(18)8-6-13/h5-10H,2-4,11-12H2,1H3,(H,19,22)(H,20,23). The zero-order valence-corrected chi connectivity index (χ0v) is 13.2. The summed E-state index contributed by atoms with van der Waals surface area (Å²) in [5.74, 6) is 0.0588. The maximum absolute atomic E-state index is 12.8. The van der Waals surface area contributed by atoms with Gasteiger partial charge in [-0.15, -0.1) is 10.2 Å². The van der Waals surface area contributed by atoms with Crippen LogP contribution in [0.15, 0.2) is 36.4 Å². The Balaban J connectivity index is 1.81. The monoisotopic (exact) mass is 316 g/mol. The molecule has 6 heteroatoms. The Morgan fingerprint density at radius 2 is 1.87 bits per heavy atom. The number of rotatable bonds is 8. The Morgan fingerprint density at radius 3 is 2.52 bits per heavy atom. The number of anilines is 1. The van der Waals surface area contributed by atoms with E-state index in [0.717, 1.165) is 18.5 Å². The zero-order chi connectivity index (χ0) is 16.5. The smallest absolute Gasteiger partial charge is 0.272 e. The molecular weight excluding hydrogens is 295 g/mol. The van der Waals surface area contributed by atoms with Crippen molar-refractivity contribution < 1.29 is 9.18 Å². The Kier molecular flexibility index (Phi) is 6.47. The van der Waals surface area contributed by atoms with Crippen LogP contribution in [0.3, 0.4) is 0 Å². The molecule has 0 saturated carbocycles. The van der Waals surface area contributed by atoms with Gasteiger partial charge in [0.2, 0.25) is 0 Å². The number of nitrogens with one attached hydrogen (secondary N) is 2. The molecule has 0 aliphatic carbocycles. The first-order valence-electron chi connectivity index (χ1n) is 7.79. The van der Waals surface area contributed by atoms with Crippen molar-refractivity contribution in [1.82, 2.24) is 15.5 Å². The fourth-order valence-corrected chi connectivity index (χ4v) is 2.01. The SMILES string of the molecule is CCCCCNc1ccc(C(=O)NCc2ccc(F)cc2)nn1. The number of unbranched alkanes of at least 4 members (excludes halogenated alkanes) is 2. The molecule has 1 heterocycles. The minimum atomic E-state index is -0.306. The van der Waals surface area contributed by atoms with Crippen molar-refractivity contribution in [3.05, 3.63) is 53.5 Å². The molecule has 1 aromatic carbocycles. The van der Waals surface area contributed by atoms with Crippen molar-refractivity contribution in [2.75, 3.05) is 11.9 Å².